The molecular weight excluding hydrogens is 645 g/mol. The lowest BCUT2D eigenvalue weighted by atomic mass is 10.0. The number of amides is 2. The minimum absolute atomic E-state index is 0.00509. The van der Waals surface area contributed by atoms with Crippen LogP contribution in [0, 0.1) is 5.92 Å². The van der Waals surface area contributed by atoms with Crippen molar-refractivity contribution in [1.82, 2.24) is 10.2 Å². The number of methoxy groups -OCH3 is 1. The van der Waals surface area contributed by atoms with Gasteiger partial charge in [-0.05, 0) is 53.4 Å². The van der Waals surface area contributed by atoms with Crippen LogP contribution < -0.4 is 14.4 Å². The third kappa shape index (κ3) is 8.81. The van der Waals surface area contributed by atoms with Crippen molar-refractivity contribution in [2.75, 3.05) is 24.5 Å². The second-order valence-electron chi connectivity index (χ2n) is 11.1. The molecule has 4 aromatic rings. The normalized spacial score (nSPS) is 12.0. The Hall–Kier alpha value is -4.05. The van der Waals surface area contributed by atoms with E-state index in [0.717, 1.165) is 9.87 Å². The number of rotatable bonds is 14. The predicted octanol–water partition coefficient (Wildman–Crippen LogP) is 6.61. The molecule has 0 aromatic heterocycles. The quantitative estimate of drug-likeness (QED) is 0.162. The van der Waals surface area contributed by atoms with E-state index < -0.39 is 28.5 Å². The first kappa shape index (κ1) is 34.8. The van der Waals surface area contributed by atoms with Crippen molar-refractivity contribution in [3.63, 3.8) is 0 Å². The van der Waals surface area contributed by atoms with Gasteiger partial charge in [-0.25, -0.2) is 8.42 Å². The fraction of sp³-hybridized carbons (Fsp3) is 0.257. The molecule has 4 rings (SSSR count). The van der Waals surface area contributed by atoms with E-state index >= 15 is 0 Å². The highest BCUT2D eigenvalue weighted by Gasteiger charge is 2.35. The van der Waals surface area contributed by atoms with Gasteiger partial charge in [0.05, 0.1) is 27.7 Å². The number of nitrogens with zero attached hydrogens (tertiary/aromatic N) is 2. The van der Waals surface area contributed by atoms with Crippen LogP contribution in [0.2, 0.25) is 10.0 Å². The summed E-state index contributed by atoms with van der Waals surface area (Å²) in [5, 5.41) is 3.08. The Balaban J connectivity index is 1.83. The van der Waals surface area contributed by atoms with Crippen molar-refractivity contribution in [3.05, 3.63) is 124 Å². The van der Waals surface area contributed by atoms with E-state index in [1.165, 1.54) is 29.2 Å². The molecule has 0 unspecified atom stereocenters. The van der Waals surface area contributed by atoms with E-state index in [1.807, 2.05) is 50.2 Å². The Morgan fingerprint density at radius 2 is 1.48 bits per heavy atom. The molecule has 1 atom stereocenters. The van der Waals surface area contributed by atoms with Crippen LogP contribution in [-0.2, 0) is 32.6 Å². The van der Waals surface area contributed by atoms with Gasteiger partial charge in [0.1, 0.15) is 18.3 Å². The Labute approximate surface area is 280 Å². The summed E-state index contributed by atoms with van der Waals surface area (Å²) in [6.07, 6.45) is 0.198. The molecule has 0 aliphatic rings. The van der Waals surface area contributed by atoms with Gasteiger partial charge >= 0.3 is 0 Å². The van der Waals surface area contributed by atoms with Gasteiger partial charge < -0.3 is 15.0 Å². The SMILES string of the molecule is COc1cccc(CN(C(=O)CN(c2cccc(Cl)c2Cl)S(=O)(=O)c2ccccc2)[C@@H](Cc2ccccc2)C(=O)NCC(C)C)c1. The second kappa shape index (κ2) is 16.0. The average Bonchev–Trinajstić information content (AvgIpc) is 3.06. The molecule has 1 N–H and O–H groups in total. The van der Waals surface area contributed by atoms with E-state index in [1.54, 1.807) is 49.6 Å². The Morgan fingerprint density at radius 3 is 2.13 bits per heavy atom. The summed E-state index contributed by atoms with van der Waals surface area (Å²) in [6.45, 7) is 3.71. The smallest absolute Gasteiger partial charge is 0.264 e. The van der Waals surface area contributed by atoms with Crippen LogP contribution in [0.4, 0.5) is 5.69 Å². The third-order valence-electron chi connectivity index (χ3n) is 7.25. The minimum Gasteiger partial charge on any atom is -0.497 e. The molecule has 0 spiro atoms. The number of halogens is 2. The van der Waals surface area contributed by atoms with Crippen molar-refractivity contribution >= 4 is 50.7 Å². The van der Waals surface area contributed by atoms with E-state index in [4.69, 9.17) is 27.9 Å². The highest BCUT2D eigenvalue weighted by Crippen LogP contribution is 2.35. The van der Waals surface area contributed by atoms with Gasteiger partial charge in [0, 0.05) is 19.5 Å². The van der Waals surface area contributed by atoms with E-state index in [2.05, 4.69) is 5.32 Å². The van der Waals surface area contributed by atoms with Crippen LogP contribution in [0.5, 0.6) is 5.75 Å². The van der Waals surface area contributed by atoms with Crippen molar-refractivity contribution in [2.45, 2.75) is 37.8 Å². The number of carbonyl (C=O) groups excluding carboxylic acids is 2. The average molecular weight is 683 g/mol. The van der Waals surface area contributed by atoms with Crippen molar-refractivity contribution in [1.29, 1.82) is 0 Å². The van der Waals surface area contributed by atoms with Gasteiger partial charge in [-0.2, -0.15) is 0 Å². The minimum atomic E-state index is -4.31. The summed E-state index contributed by atoms with van der Waals surface area (Å²) in [7, 11) is -2.77. The lowest BCUT2D eigenvalue weighted by molar-refractivity contribution is -0.140. The summed E-state index contributed by atoms with van der Waals surface area (Å²) in [6, 6.07) is 27.9. The zero-order valence-corrected chi connectivity index (χ0v) is 28.2. The molecular formula is C35H37Cl2N3O5S. The van der Waals surface area contributed by atoms with Crippen molar-refractivity contribution in [2.24, 2.45) is 5.92 Å². The Bertz CT molecular complexity index is 1740. The van der Waals surface area contributed by atoms with Gasteiger partial charge in [-0.3, -0.25) is 13.9 Å². The lowest BCUT2D eigenvalue weighted by Crippen LogP contribution is -2.53. The van der Waals surface area contributed by atoms with Crippen molar-refractivity contribution < 1.29 is 22.7 Å². The van der Waals surface area contributed by atoms with Crippen LogP contribution in [0.1, 0.15) is 25.0 Å². The largest absolute Gasteiger partial charge is 0.497 e. The number of anilines is 1. The first-order chi connectivity index (χ1) is 22.0. The molecule has 0 heterocycles. The van der Waals surface area contributed by atoms with Gasteiger partial charge in [-0.1, -0.05) is 104 Å². The number of carbonyl (C=O) groups is 2. The van der Waals surface area contributed by atoms with Crippen LogP contribution in [0.15, 0.2) is 108 Å². The molecule has 0 aliphatic heterocycles. The van der Waals surface area contributed by atoms with E-state index in [-0.39, 0.29) is 45.4 Å². The standard InChI is InChI=1S/C35H37Cl2N3O5S/c1-25(2)22-38-35(42)32(21-26-12-6-4-7-13-26)39(23-27-14-10-15-28(20-27)45-3)33(41)24-40(31-19-11-18-30(36)34(31)37)46(43,44)29-16-8-5-9-17-29/h4-20,25,32H,21-24H2,1-3H3,(H,38,42)/t32-/m0/s1. The number of nitrogens with one attached hydrogen (secondary N) is 1. The summed E-state index contributed by atoms with van der Waals surface area (Å²) < 4.78 is 34.6. The fourth-order valence-electron chi connectivity index (χ4n) is 4.86. The van der Waals surface area contributed by atoms with E-state index in [0.29, 0.717) is 17.9 Å². The molecule has 8 nitrogen and oxygen atoms in total. The molecule has 0 bridgehead atoms. The number of hydrogen-bond donors (Lipinski definition) is 1. The Morgan fingerprint density at radius 1 is 0.848 bits per heavy atom. The Kier molecular flexibility index (Phi) is 12.1. The zero-order chi connectivity index (χ0) is 33.3. The molecule has 0 fully saturated rings. The highest BCUT2D eigenvalue weighted by molar-refractivity contribution is 7.92. The predicted molar refractivity (Wildman–Crippen MR) is 183 cm³/mol. The molecule has 242 valence electrons. The molecule has 2 amide bonds. The summed E-state index contributed by atoms with van der Waals surface area (Å²) >= 11 is 12.9. The maximum Gasteiger partial charge on any atom is 0.264 e. The van der Waals surface area contributed by atoms with Gasteiger partial charge in [0.2, 0.25) is 11.8 Å². The topological polar surface area (TPSA) is 96.0 Å². The van der Waals surface area contributed by atoms with Crippen molar-refractivity contribution in [3.8, 4) is 5.75 Å². The molecule has 0 saturated heterocycles. The van der Waals surface area contributed by atoms with Crippen LogP contribution in [0.3, 0.4) is 0 Å². The number of benzene rings is 4. The maximum absolute atomic E-state index is 14.6. The number of hydrogen-bond acceptors (Lipinski definition) is 5. The van der Waals surface area contributed by atoms with Gasteiger partial charge in [-0.15, -0.1) is 0 Å². The van der Waals surface area contributed by atoms with Gasteiger partial charge in [0.15, 0.2) is 0 Å². The van der Waals surface area contributed by atoms with E-state index in [9.17, 15) is 18.0 Å². The maximum atomic E-state index is 14.6. The first-order valence-electron chi connectivity index (χ1n) is 14.8. The summed E-state index contributed by atoms with van der Waals surface area (Å²) in [5.41, 5.74) is 1.57. The first-order valence-corrected chi connectivity index (χ1v) is 17.0. The molecule has 0 saturated carbocycles. The molecule has 0 radical (unpaired) electrons. The monoisotopic (exact) mass is 681 g/mol. The van der Waals surface area contributed by atoms with Crippen LogP contribution >= 0.6 is 23.2 Å². The van der Waals surface area contributed by atoms with Gasteiger partial charge in [0.25, 0.3) is 10.0 Å². The molecule has 0 aliphatic carbocycles. The fourth-order valence-corrected chi connectivity index (χ4v) is 6.76. The number of sulfonamides is 1. The summed E-state index contributed by atoms with van der Waals surface area (Å²) in [4.78, 5) is 29.8. The second-order valence-corrected chi connectivity index (χ2v) is 13.8. The molecule has 11 heteroatoms. The van der Waals surface area contributed by atoms with Crippen LogP contribution in [0.25, 0.3) is 0 Å². The zero-order valence-electron chi connectivity index (χ0n) is 25.9. The van der Waals surface area contributed by atoms with Crippen LogP contribution in [-0.4, -0.2) is 51.4 Å². The summed E-state index contributed by atoms with van der Waals surface area (Å²) in [5.74, 6) is -0.223. The highest BCUT2D eigenvalue weighted by atomic mass is 35.5. The molecule has 46 heavy (non-hydrogen) atoms. The third-order valence-corrected chi connectivity index (χ3v) is 9.84. The number of ether oxygens (including phenoxy) is 1. The molecule has 4 aromatic carbocycles. The lowest BCUT2D eigenvalue weighted by Gasteiger charge is -2.34.